The van der Waals surface area contributed by atoms with E-state index in [0.29, 0.717) is 44.1 Å². The Labute approximate surface area is 156 Å². The van der Waals surface area contributed by atoms with Gasteiger partial charge in [-0.3, -0.25) is 0 Å². The summed E-state index contributed by atoms with van der Waals surface area (Å²) in [4.78, 5) is 2.05. The van der Waals surface area contributed by atoms with Crippen molar-refractivity contribution in [2.24, 2.45) is 0 Å². The predicted molar refractivity (Wildman–Crippen MR) is 96.2 cm³/mol. The molecule has 3 heterocycles. The molecular weight excluding hydrogens is 373 g/mol. The number of hydrogen-bond acceptors (Lipinski definition) is 6. The summed E-state index contributed by atoms with van der Waals surface area (Å²) in [7, 11) is -3.75. The maximum Gasteiger partial charge on any atom is 0.276 e. The van der Waals surface area contributed by atoms with Crippen LogP contribution < -0.4 is 4.90 Å². The number of benzene rings is 1. The molecule has 4 rings (SSSR count). The highest BCUT2D eigenvalue weighted by Gasteiger charge is 2.30. The molecule has 1 aliphatic heterocycles. The maximum atomic E-state index is 13.1. The van der Waals surface area contributed by atoms with Gasteiger partial charge in [0.15, 0.2) is 5.76 Å². The van der Waals surface area contributed by atoms with Crippen LogP contribution in [0.3, 0.4) is 0 Å². The first-order chi connectivity index (χ1) is 13.0. The minimum absolute atomic E-state index is 0.121. The monoisotopic (exact) mass is 391 g/mol. The molecule has 0 N–H and O–H groups in total. The molecule has 0 radical (unpaired) electrons. The van der Waals surface area contributed by atoms with E-state index < -0.39 is 10.0 Å². The molecule has 1 fully saturated rings. The molecule has 1 saturated heterocycles. The van der Waals surface area contributed by atoms with Gasteiger partial charge in [0.2, 0.25) is 10.9 Å². The zero-order valence-corrected chi connectivity index (χ0v) is 15.2. The fourth-order valence-electron chi connectivity index (χ4n) is 3.11. The second kappa shape index (κ2) is 7.16. The predicted octanol–water partition coefficient (Wildman–Crippen LogP) is 2.97. The van der Waals surface area contributed by atoms with Crippen LogP contribution in [0.4, 0.5) is 10.1 Å². The lowest BCUT2D eigenvalue weighted by Crippen LogP contribution is -2.35. The topological polar surface area (TPSA) is 79.8 Å². The van der Waals surface area contributed by atoms with Crippen LogP contribution in [0.2, 0.25) is 0 Å². The van der Waals surface area contributed by atoms with Crippen LogP contribution in [0.1, 0.15) is 6.42 Å². The Balaban J connectivity index is 1.50. The molecule has 142 valence electrons. The van der Waals surface area contributed by atoms with Crippen molar-refractivity contribution in [3.8, 4) is 11.5 Å². The standard InChI is InChI=1S/C18H18FN3O4S/c19-14-2-4-15(5-3-14)21-10-1-11-22(13-12-21)27(23,24)18-7-6-16(25-18)17-8-9-20-26-17/h2-9H,1,10-13H2. The number of anilines is 1. The second-order valence-electron chi connectivity index (χ2n) is 6.22. The van der Waals surface area contributed by atoms with E-state index in [9.17, 15) is 12.8 Å². The summed E-state index contributed by atoms with van der Waals surface area (Å²) < 4.78 is 50.9. The van der Waals surface area contributed by atoms with E-state index >= 15 is 0 Å². The van der Waals surface area contributed by atoms with Gasteiger partial charge in [-0.05, 0) is 42.8 Å². The van der Waals surface area contributed by atoms with Gasteiger partial charge in [-0.2, -0.15) is 4.31 Å². The van der Waals surface area contributed by atoms with Gasteiger partial charge in [-0.25, -0.2) is 12.8 Å². The Morgan fingerprint density at radius 2 is 1.74 bits per heavy atom. The van der Waals surface area contributed by atoms with E-state index in [2.05, 4.69) is 10.1 Å². The highest BCUT2D eigenvalue weighted by atomic mass is 32.2. The zero-order chi connectivity index (χ0) is 18.9. The third-order valence-corrected chi connectivity index (χ3v) is 6.28. The Bertz CT molecular complexity index is 1000. The minimum Gasteiger partial charge on any atom is -0.440 e. The van der Waals surface area contributed by atoms with Crippen molar-refractivity contribution in [1.29, 1.82) is 0 Å². The average Bonchev–Trinajstić information content (AvgIpc) is 3.30. The Morgan fingerprint density at radius 1 is 0.926 bits per heavy atom. The number of aromatic nitrogens is 1. The van der Waals surface area contributed by atoms with Crippen LogP contribution in [-0.2, 0) is 10.0 Å². The van der Waals surface area contributed by atoms with Crippen molar-refractivity contribution in [3.63, 3.8) is 0 Å². The van der Waals surface area contributed by atoms with E-state index in [1.54, 1.807) is 24.3 Å². The molecule has 0 saturated carbocycles. The molecule has 0 spiro atoms. The summed E-state index contributed by atoms with van der Waals surface area (Å²) in [6, 6.07) is 10.8. The van der Waals surface area contributed by atoms with Gasteiger partial charge < -0.3 is 13.8 Å². The van der Waals surface area contributed by atoms with Gasteiger partial charge in [0.1, 0.15) is 5.82 Å². The molecule has 1 aromatic carbocycles. The third kappa shape index (κ3) is 3.60. The van der Waals surface area contributed by atoms with E-state index in [0.717, 1.165) is 5.69 Å². The highest BCUT2D eigenvalue weighted by molar-refractivity contribution is 7.89. The molecule has 3 aromatic rings. The van der Waals surface area contributed by atoms with E-state index in [-0.39, 0.29) is 10.9 Å². The molecule has 0 atom stereocenters. The van der Waals surface area contributed by atoms with Gasteiger partial charge in [0, 0.05) is 37.9 Å². The highest BCUT2D eigenvalue weighted by Crippen LogP contribution is 2.27. The molecule has 0 unspecified atom stereocenters. The first-order valence-electron chi connectivity index (χ1n) is 8.55. The lowest BCUT2D eigenvalue weighted by molar-refractivity contribution is 0.380. The van der Waals surface area contributed by atoms with Crippen molar-refractivity contribution in [3.05, 3.63) is 54.5 Å². The second-order valence-corrected chi connectivity index (χ2v) is 8.09. The van der Waals surface area contributed by atoms with Crippen molar-refractivity contribution in [2.45, 2.75) is 11.5 Å². The van der Waals surface area contributed by atoms with Crippen LogP contribution in [-0.4, -0.2) is 44.1 Å². The van der Waals surface area contributed by atoms with Crippen molar-refractivity contribution in [2.75, 3.05) is 31.1 Å². The molecule has 0 amide bonds. The molecule has 9 heteroatoms. The summed E-state index contributed by atoms with van der Waals surface area (Å²) in [5.41, 5.74) is 0.876. The number of furan rings is 1. The van der Waals surface area contributed by atoms with E-state index in [4.69, 9.17) is 8.94 Å². The molecule has 0 aliphatic carbocycles. The average molecular weight is 391 g/mol. The van der Waals surface area contributed by atoms with Crippen molar-refractivity contribution >= 4 is 15.7 Å². The van der Waals surface area contributed by atoms with Gasteiger partial charge in [-0.1, -0.05) is 5.16 Å². The fraction of sp³-hybridized carbons (Fsp3) is 0.278. The van der Waals surface area contributed by atoms with Crippen LogP contribution in [0.25, 0.3) is 11.5 Å². The number of rotatable bonds is 4. The van der Waals surface area contributed by atoms with Gasteiger partial charge >= 0.3 is 0 Å². The smallest absolute Gasteiger partial charge is 0.276 e. The summed E-state index contributed by atoms with van der Waals surface area (Å²) in [6.07, 6.45) is 2.12. The summed E-state index contributed by atoms with van der Waals surface area (Å²) in [6.45, 7) is 1.91. The number of nitrogens with zero attached hydrogens (tertiary/aromatic N) is 3. The summed E-state index contributed by atoms with van der Waals surface area (Å²) in [5.74, 6) is 0.391. The van der Waals surface area contributed by atoms with Crippen LogP contribution in [0.5, 0.6) is 0 Å². The van der Waals surface area contributed by atoms with Crippen LogP contribution >= 0.6 is 0 Å². The lowest BCUT2D eigenvalue weighted by atomic mass is 10.2. The van der Waals surface area contributed by atoms with Crippen LogP contribution in [0.15, 0.2) is 62.7 Å². The molecule has 2 aromatic heterocycles. The van der Waals surface area contributed by atoms with Gasteiger partial charge in [0.25, 0.3) is 10.0 Å². The van der Waals surface area contributed by atoms with Crippen LogP contribution in [0, 0.1) is 5.82 Å². The Kier molecular flexibility index (Phi) is 4.71. The van der Waals surface area contributed by atoms with Crippen molar-refractivity contribution in [1.82, 2.24) is 9.46 Å². The number of hydrogen-bond donors (Lipinski definition) is 0. The first-order valence-corrected chi connectivity index (χ1v) is 9.99. The normalized spacial score (nSPS) is 16.4. The number of sulfonamides is 1. The van der Waals surface area contributed by atoms with Gasteiger partial charge in [0.05, 0.1) is 6.20 Å². The zero-order valence-electron chi connectivity index (χ0n) is 14.4. The third-order valence-electron chi connectivity index (χ3n) is 4.50. The summed E-state index contributed by atoms with van der Waals surface area (Å²) >= 11 is 0. The molecule has 27 heavy (non-hydrogen) atoms. The molecule has 0 bridgehead atoms. The van der Waals surface area contributed by atoms with E-state index in [1.165, 1.54) is 28.7 Å². The Hall–Kier alpha value is -2.65. The van der Waals surface area contributed by atoms with E-state index in [1.807, 2.05) is 0 Å². The SMILES string of the molecule is O=S(=O)(c1ccc(-c2ccno2)o1)N1CCCN(c2ccc(F)cc2)CC1. The quantitative estimate of drug-likeness (QED) is 0.680. The molecule has 1 aliphatic rings. The minimum atomic E-state index is -3.75. The number of halogens is 1. The fourth-order valence-corrected chi connectivity index (χ4v) is 4.49. The summed E-state index contributed by atoms with van der Waals surface area (Å²) in [5, 5.41) is 3.47. The largest absolute Gasteiger partial charge is 0.440 e. The Morgan fingerprint density at radius 3 is 2.48 bits per heavy atom. The lowest BCUT2D eigenvalue weighted by Gasteiger charge is -2.23. The first kappa shape index (κ1) is 17.7. The van der Waals surface area contributed by atoms with Crippen molar-refractivity contribution < 1.29 is 21.7 Å². The molecular formula is C18H18FN3O4S. The molecule has 7 nitrogen and oxygen atoms in total. The maximum absolute atomic E-state index is 13.1. The van der Waals surface area contributed by atoms with Gasteiger partial charge in [-0.15, -0.1) is 0 Å².